The zero-order valence-electron chi connectivity index (χ0n) is 10.6. The number of nitrogens with zero attached hydrogens (tertiary/aromatic N) is 1. The Balaban J connectivity index is 2.34. The lowest BCUT2D eigenvalue weighted by molar-refractivity contribution is 0.230. The lowest BCUT2D eigenvalue weighted by Gasteiger charge is -2.28. The smallest absolute Gasteiger partial charge is 0.0457 e. The summed E-state index contributed by atoms with van der Waals surface area (Å²) in [7, 11) is 0. The predicted molar refractivity (Wildman–Crippen MR) is 73.0 cm³/mol. The maximum absolute atomic E-state index is 5.67. The van der Waals surface area contributed by atoms with Crippen LogP contribution in [-0.4, -0.2) is 29.5 Å². The van der Waals surface area contributed by atoms with Crippen molar-refractivity contribution in [3.8, 4) is 0 Å². The fraction of sp³-hybridized carbons (Fsp3) is 0.429. The van der Waals surface area contributed by atoms with Crippen LogP contribution in [0.3, 0.4) is 0 Å². The molecule has 3 heteroatoms. The molecule has 0 aliphatic carbocycles. The quantitative estimate of drug-likeness (QED) is 0.830. The second-order valence-corrected chi connectivity index (χ2v) is 4.38. The van der Waals surface area contributed by atoms with Gasteiger partial charge in [-0.15, -0.1) is 0 Å². The van der Waals surface area contributed by atoms with Crippen molar-refractivity contribution in [2.75, 3.05) is 19.6 Å². The van der Waals surface area contributed by atoms with Crippen molar-refractivity contribution >= 4 is 10.9 Å². The molecule has 0 fully saturated rings. The summed E-state index contributed by atoms with van der Waals surface area (Å²) in [5.74, 6) is 0. The third-order valence-corrected chi connectivity index (χ3v) is 3.45. The van der Waals surface area contributed by atoms with E-state index in [1.807, 2.05) is 6.20 Å². The van der Waals surface area contributed by atoms with Gasteiger partial charge < -0.3 is 10.7 Å². The molecule has 0 bridgehead atoms. The van der Waals surface area contributed by atoms with Crippen LogP contribution < -0.4 is 5.73 Å². The average molecular weight is 231 g/mol. The van der Waals surface area contributed by atoms with Crippen LogP contribution in [-0.2, 0) is 0 Å². The molecule has 1 aromatic heterocycles. The molecule has 0 aliphatic heterocycles. The highest BCUT2D eigenvalue weighted by molar-refractivity contribution is 5.83. The molecule has 0 aliphatic rings. The topological polar surface area (TPSA) is 45.0 Å². The summed E-state index contributed by atoms with van der Waals surface area (Å²) in [6, 6.07) is 8.99. The molecule has 1 heterocycles. The maximum Gasteiger partial charge on any atom is 0.0457 e. The lowest BCUT2D eigenvalue weighted by atomic mass is 10.0. The molecule has 1 aromatic carbocycles. The van der Waals surface area contributed by atoms with E-state index in [2.05, 4.69) is 48.0 Å². The lowest BCUT2D eigenvalue weighted by Crippen LogP contribution is -2.31. The van der Waals surface area contributed by atoms with E-state index in [-0.39, 0.29) is 0 Å². The normalized spacial score (nSPS) is 13.4. The van der Waals surface area contributed by atoms with Crippen molar-refractivity contribution in [1.82, 2.24) is 9.88 Å². The minimum absolute atomic E-state index is 0.406. The van der Waals surface area contributed by atoms with Gasteiger partial charge in [-0.05, 0) is 31.2 Å². The first-order chi connectivity index (χ1) is 8.27. The van der Waals surface area contributed by atoms with Crippen LogP contribution in [0, 0.1) is 0 Å². The third-order valence-electron chi connectivity index (χ3n) is 3.45. The Hall–Kier alpha value is -1.32. The first-order valence-electron chi connectivity index (χ1n) is 6.28. The van der Waals surface area contributed by atoms with Crippen molar-refractivity contribution in [3.63, 3.8) is 0 Å². The zero-order chi connectivity index (χ0) is 12.3. The summed E-state index contributed by atoms with van der Waals surface area (Å²) in [6.07, 6.45) is 2.00. The molecule has 1 unspecified atom stereocenters. The summed E-state index contributed by atoms with van der Waals surface area (Å²) in [6.45, 7) is 7.11. The van der Waals surface area contributed by atoms with Crippen molar-refractivity contribution in [2.45, 2.75) is 19.9 Å². The Morgan fingerprint density at radius 3 is 2.88 bits per heavy atom. The van der Waals surface area contributed by atoms with Gasteiger partial charge in [-0.3, -0.25) is 4.90 Å². The number of hydrogen-bond donors (Lipinski definition) is 2. The van der Waals surface area contributed by atoms with Crippen LogP contribution in [0.5, 0.6) is 0 Å². The summed E-state index contributed by atoms with van der Waals surface area (Å²) < 4.78 is 0. The molecular formula is C14H21N3. The van der Waals surface area contributed by atoms with Gasteiger partial charge in [-0.2, -0.15) is 0 Å². The summed E-state index contributed by atoms with van der Waals surface area (Å²) >= 11 is 0. The molecule has 0 radical (unpaired) electrons. The Labute approximate surface area is 103 Å². The highest BCUT2D eigenvalue weighted by Gasteiger charge is 2.15. The average Bonchev–Trinajstić information content (AvgIpc) is 2.83. The minimum atomic E-state index is 0.406. The van der Waals surface area contributed by atoms with Gasteiger partial charge in [0.1, 0.15) is 0 Å². The number of nitrogens with two attached hydrogens (primary N) is 1. The number of H-pyrrole nitrogens is 1. The number of nitrogens with one attached hydrogen (secondary N) is 1. The summed E-state index contributed by atoms with van der Waals surface area (Å²) in [5, 5.41) is 1.32. The van der Waals surface area contributed by atoms with Crippen LogP contribution in [0.4, 0.5) is 0 Å². The molecule has 0 spiro atoms. The SMILES string of the molecule is CCN(CCN)C(C)c1cccc2[nH]ccc12. The van der Waals surface area contributed by atoms with E-state index >= 15 is 0 Å². The van der Waals surface area contributed by atoms with Gasteiger partial charge in [0.2, 0.25) is 0 Å². The van der Waals surface area contributed by atoms with Gasteiger partial charge in [0.05, 0.1) is 0 Å². The van der Waals surface area contributed by atoms with E-state index in [9.17, 15) is 0 Å². The fourth-order valence-electron chi connectivity index (χ4n) is 2.46. The highest BCUT2D eigenvalue weighted by Crippen LogP contribution is 2.27. The number of benzene rings is 1. The molecule has 3 nitrogen and oxygen atoms in total. The van der Waals surface area contributed by atoms with Crippen LogP contribution in [0.15, 0.2) is 30.5 Å². The van der Waals surface area contributed by atoms with E-state index in [0.717, 1.165) is 13.1 Å². The molecular weight excluding hydrogens is 210 g/mol. The first kappa shape index (κ1) is 12.1. The number of likely N-dealkylation sites (N-methyl/N-ethyl adjacent to an activating group) is 1. The van der Waals surface area contributed by atoms with Crippen LogP contribution in [0.1, 0.15) is 25.5 Å². The second kappa shape index (κ2) is 5.34. The number of aromatic nitrogens is 1. The number of fused-ring (bicyclic) bond motifs is 1. The van der Waals surface area contributed by atoms with Gasteiger partial charge in [0.15, 0.2) is 0 Å². The fourth-order valence-corrected chi connectivity index (χ4v) is 2.46. The first-order valence-corrected chi connectivity index (χ1v) is 6.28. The van der Waals surface area contributed by atoms with Gasteiger partial charge in [0, 0.05) is 36.2 Å². The van der Waals surface area contributed by atoms with E-state index in [4.69, 9.17) is 5.73 Å². The standard InChI is InChI=1S/C14H21N3/c1-3-17(10-8-15)11(2)12-5-4-6-14-13(12)7-9-16-14/h4-7,9,11,16H,3,8,10,15H2,1-2H3. The van der Waals surface area contributed by atoms with Crippen LogP contribution in [0.2, 0.25) is 0 Å². The largest absolute Gasteiger partial charge is 0.361 e. The van der Waals surface area contributed by atoms with E-state index in [1.54, 1.807) is 0 Å². The van der Waals surface area contributed by atoms with E-state index in [0.29, 0.717) is 12.6 Å². The monoisotopic (exact) mass is 231 g/mol. The molecule has 0 saturated carbocycles. The highest BCUT2D eigenvalue weighted by atomic mass is 15.1. The molecule has 2 rings (SSSR count). The minimum Gasteiger partial charge on any atom is -0.361 e. The molecule has 2 aromatic rings. The van der Waals surface area contributed by atoms with Crippen molar-refractivity contribution < 1.29 is 0 Å². The van der Waals surface area contributed by atoms with Crippen LogP contribution in [0.25, 0.3) is 10.9 Å². The third kappa shape index (κ3) is 2.35. The Morgan fingerprint density at radius 2 is 2.18 bits per heavy atom. The second-order valence-electron chi connectivity index (χ2n) is 4.38. The van der Waals surface area contributed by atoms with Crippen LogP contribution >= 0.6 is 0 Å². The molecule has 3 N–H and O–H groups in total. The molecule has 1 atom stereocenters. The maximum atomic E-state index is 5.67. The van der Waals surface area contributed by atoms with E-state index < -0.39 is 0 Å². The zero-order valence-corrected chi connectivity index (χ0v) is 10.6. The van der Waals surface area contributed by atoms with Gasteiger partial charge in [-0.25, -0.2) is 0 Å². The molecule has 92 valence electrons. The number of rotatable bonds is 5. The van der Waals surface area contributed by atoms with Crippen molar-refractivity contribution in [1.29, 1.82) is 0 Å². The van der Waals surface area contributed by atoms with E-state index in [1.165, 1.54) is 16.5 Å². The Morgan fingerprint density at radius 1 is 1.35 bits per heavy atom. The number of aromatic amines is 1. The van der Waals surface area contributed by atoms with Gasteiger partial charge in [-0.1, -0.05) is 19.1 Å². The Kier molecular flexibility index (Phi) is 3.82. The molecule has 0 amide bonds. The van der Waals surface area contributed by atoms with Gasteiger partial charge in [0.25, 0.3) is 0 Å². The Bertz CT molecular complexity index is 475. The summed E-state index contributed by atoms with van der Waals surface area (Å²) in [4.78, 5) is 5.67. The van der Waals surface area contributed by atoms with Crippen molar-refractivity contribution in [3.05, 3.63) is 36.0 Å². The van der Waals surface area contributed by atoms with Gasteiger partial charge >= 0.3 is 0 Å². The molecule has 0 saturated heterocycles. The molecule has 17 heavy (non-hydrogen) atoms. The summed E-state index contributed by atoms with van der Waals surface area (Å²) in [5.41, 5.74) is 8.25. The van der Waals surface area contributed by atoms with Crippen molar-refractivity contribution in [2.24, 2.45) is 5.73 Å². The number of hydrogen-bond acceptors (Lipinski definition) is 2. The predicted octanol–water partition coefficient (Wildman–Crippen LogP) is 2.51.